The average Bonchev–Trinajstić information content (AvgIpc) is 2.68. The molecule has 0 aromatic heterocycles. The number of unbranched alkanes of at least 4 members (excludes halogenated alkanes) is 2. The van der Waals surface area contributed by atoms with E-state index in [2.05, 4.69) is 23.6 Å². The normalized spacial score (nSPS) is 18.3. The molecule has 0 bridgehead atoms. The summed E-state index contributed by atoms with van der Waals surface area (Å²) in [6.07, 6.45) is 6.23. The number of hydrogen-bond donors (Lipinski definition) is 1. The molecule has 1 heterocycles. The molecule has 0 aromatic carbocycles. The van der Waals surface area contributed by atoms with Gasteiger partial charge >= 0.3 is 0 Å². The lowest BCUT2D eigenvalue weighted by Gasteiger charge is -2.21. The Morgan fingerprint density at radius 3 is 2.29 bits per heavy atom. The Morgan fingerprint density at radius 2 is 1.62 bits per heavy atom. The molecular weight excluding hydrogens is 262 g/mol. The summed E-state index contributed by atoms with van der Waals surface area (Å²) in [6.45, 7) is 14.4. The molecule has 1 fully saturated rings. The number of hydrogen-bond acceptors (Lipinski definition) is 4. The second kappa shape index (κ2) is 12.4. The zero-order valence-electron chi connectivity index (χ0n) is 14.4. The molecular formula is C17H37N3O. The molecule has 21 heavy (non-hydrogen) atoms. The predicted molar refractivity (Wildman–Crippen MR) is 90.7 cm³/mol. The highest BCUT2D eigenvalue weighted by Gasteiger charge is 2.13. The first-order chi connectivity index (χ1) is 10.2. The van der Waals surface area contributed by atoms with Gasteiger partial charge in [0.15, 0.2) is 0 Å². The van der Waals surface area contributed by atoms with Crippen molar-refractivity contribution in [3.05, 3.63) is 0 Å². The Kier molecular flexibility index (Phi) is 11.1. The summed E-state index contributed by atoms with van der Waals surface area (Å²) in [6, 6.07) is 0. The van der Waals surface area contributed by atoms with Gasteiger partial charge in [-0.1, -0.05) is 20.3 Å². The first kappa shape index (κ1) is 18.9. The van der Waals surface area contributed by atoms with Crippen LogP contribution in [-0.2, 0) is 4.74 Å². The maximum absolute atomic E-state index is 5.74. The van der Waals surface area contributed by atoms with E-state index in [1.807, 2.05) is 0 Å². The molecule has 4 heteroatoms. The Bertz CT molecular complexity index is 236. The van der Waals surface area contributed by atoms with E-state index >= 15 is 0 Å². The Balaban J connectivity index is 2.03. The fourth-order valence-electron chi connectivity index (χ4n) is 2.74. The maximum Gasteiger partial charge on any atom is 0.0593 e. The summed E-state index contributed by atoms with van der Waals surface area (Å²) in [7, 11) is 0. The smallest absolute Gasteiger partial charge is 0.0593 e. The van der Waals surface area contributed by atoms with Gasteiger partial charge in [-0.15, -0.1) is 0 Å². The molecule has 2 N–H and O–H groups in total. The summed E-state index contributed by atoms with van der Waals surface area (Å²) in [5.41, 5.74) is 5.54. The van der Waals surface area contributed by atoms with Crippen molar-refractivity contribution >= 4 is 0 Å². The van der Waals surface area contributed by atoms with Gasteiger partial charge in [-0.25, -0.2) is 0 Å². The SMILES string of the molecule is CC(C)CCOCCN1CCCN(CCCCCN)CC1. The zero-order chi connectivity index (χ0) is 15.3. The fraction of sp³-hybridized carbons (Fsp3) is 1.00. The maximum atomic E-state index is 5.74. The van der Waals surface area contributed by atoms with Gasteiger partial charge in [0.1, 0.15) is 0 Å². The highest BCUT2D eigenvalue weighted by Crippen LogP contribution is 2.06. The zero-order valence-corrected chi connectivity index (χ0v) is 14.4. The lowest BCUT2D eigenvalue weighted by Crippen LogP contribution is -2.33. The van der Waals surface area contributed by atoms with Crippen LogP contribution in [0.3, 0.4) is 0 Å². The number of rotatable bonds is 11. The molecule has 0 amide bonds. The van der Waals surface area contributed by atoms with Crippen LogP contribution in [0.25, 0.3) is 0 Å². The van der Waals surface area contributed by atoms with E-state index in [0.29, 0.717) is 0 Å². The first-order valence-electron chi connectivity index (χ1n) is 8.95. The van der Waals surface area contributed by atoms with E-state index in [9.17, 15) is 0 Å². The summed E-state index contributed by atoms with van der Waals surface area (Å²) >= 11 is 0. The van der Waals surface area contributed by atoms with Crippen LogP contribution in [0.2, 0.25) is 0 Å². The molecule has 4 nitrogen and oxygen atoms in total. The van der Waals surface area contributed by atoms with Gasteiger partial charge in [0.05, 0.1) is 6.61 Å². The Morgan fingerprint density at radius 1 is 0.905 bits per heavy atom. The molecule has 0 radical (unpaired) electrons. The number of nitrogens with two attached hydrogens (primary N) is 1. The van der Waals surface area contributed by atoms with Crippen molar-refractivity contribution in [2.45, 2.75) is 46.0 Å². The molecule has 1 rings (SSSR count). The number of nitrogens with zero attached hydrogens (tertiary/aromatic N) is 2. The summed E-state index contributed by atoms with van der Waals surface area (Å²) < 4.78 is 5.74. The molecule has 1 saturated heterocycles. The van der Waals surface area contributed by atoms with Crippen LogP contribution in [0.5, 0.6) is 0 Å². The van der Waals surface area contributed by atoms with Crippen molar-refractivity contribution in [3.8, 4) is 0 Å². The molecule has 0 atom stereocenters. The van der Waals surface area contributed by atoms with E-state index < -0.39 is 0 Å². The first-order valence-corrected chi connectivity index (χ1v) is 8.95. The standard InChI is InChI=1S/C17H37N3O/c1-17(2)7-15-21-16-14-20-11-6-10-19(12-13-20)9-5-3-4-8-18/h17H,3-16,18H2,1-2H3. The second-order valence-electron chi connectivity index (χ2n) is 6.68. The van der Waals surface area contributed by atoms with E-state index in [1.165, 1.54) is 64.8 Å². The van der Waals surface area contributed by atoms with Crippen molar-refractivity contribution in [3.63, 3.8) is 0 Å². The van der Waals surface area contributed by atoms with Gasteiger partial charge < -0.3 is 15.4 Å². The van der Waals surface area contributed by atoms with Crippen molar-refractivity contribution < 1.29 is 4.74 Å². The second-order valence-corrected chi connectivity index (χ2v) is 6.68. The highest BCUT2D eigenvalue weighted by molar-refractivity contribution is 4.69. The molecule has 0 saturated carbocycles. The van der Waals surface area contributed by atoms with Crippen molar-refractivity contribution in [2.24, 2.45) is 11.7 Å². The molecule has 1 aliphatic heterocycles. The lowest BCUT2D eigenvalue weighted by atomic mass is 10.1. The Hall–Kier alpha value is -0.160. The molecule has 0 unspecified atom stereocenters. The monoisotopic (exact) mass is 299 g/mol. The van der Waals surface area contributed by atoms with E-state index in [4.69, 9.17) is 10.5 Å². The van der Waals surface area contributed by atoms with E-state index in [-0.39, 0.29) is 0 Å². The van der Waals surface area contributed by atoms with Gasteiger partial charge in [-0.2, -0.15) is 0 Å². The van der Waals surface area contributed by atoms with Crippen LogP contribution in [0, 0.1) is 5.92 Å². The van der Waals surface area contributed by atoms with Gasteiger partial charge in [-0.05, 0) is 57.8 Å². The van der Waals surface area contributed by atoms with Crippen LogP contribution in [0.15, 0.2) is 0 Å². The summed E-state index contributed by atoms with van der Waals surface area (Å²) in [5.74, 6) is 0.746. The van der Waals surface area contributed by atoms with Crippen LogP contribution in [-0.4, -0.2) is 68.8 Å². The predicted octanol–water partition coefficient (Wildman–Crippen LogP) is 2.19. The quantitative estimate of drug-likeness (QED) is 0.594. The molecule has 0 aromatic rings. The minimum atomic E-state index is 0.746. The van der Waals surface area contributed by atoms with Crippen molar-refractivity contribution in [2.75, 3.05) is 59.0 Å². The highest BCUT2D eigenvalue weighted by atomic mass is 16.5. The van der Waals surface area contributed by atoms with Gasteiger partial charge in [-0.3, -0.25) is 4.90 Å². The molecule has 0 aliphatic carbocycles. The van der Waals surface area contributed by atoms with Crippen LogP contribution in [0.1, 0.15) is 46.0 Å². The molecule has 1 aliphatic rings. The van der Waals surface area contributed by atoms with Crippen molar-refractivity contribution in [1.82, 2.24) is 9.80 Å². The third kappa shape index (κ3) is 10.2. The van der Waals surface area contributed by atoms with Crippen LogP contribution < -0.4 is 5.73 Å². The number of ether oxygens (including phenoxy) is 1. The fourth-order valence-corrected chi connectivity index (χ4v) is 2.74. The van der Waals surface area contributed by atoms with Gasteiger partial charge in [0.2, 0.25) is 0 Å². The summed E-state index contributed by atoms with van der Waals surface area (Å²) in [4.78, 5) is 5.19. The Labute approximate surface area is 132 Å². The van der Waals surface area contributed by atoms with E-state index in [1.54, 1.807) is 0 Å². The van der Waals surface area contributed by atoms with Crippen LogP contribution in [0.4, 0.5) is 0 Å². The topological polar surface area (TPSA) is 41.7 Å². The van der Waals surface area contributed by atoms with Gasteiger partial charge in [0, 0.05) is 26.2 Å². The third-order valence-corrected chi connectivity index (χ3v) is 4.25. The largest absolute Gasteiger partial charge is 0.380 e. The molecule has 0 spiro atoms. The molecule has 126 valence electrons. The van der Waals surface area contributed by atoms with Crippen molar-refractivity contribution in [1.29, 1.82) is 0 Å². The lowest BCUT2D eigenvalue weighted by molar-refractivity contribution is 0.0969. The minimum Gasteiger partial charge on any atom is -0.380 e. The van der Waals surface area contributed by atoms with E-state index in [0.717, 1.165) is 32.2 Å². The minimum absolute atomic E-state index is 0.746. The third-order valence-electron chi connectivity index (χ3n) is 4.25. The summed E-state index contributed by atoms with van der Waals surface area (Å²) in [5, 5.41) is 0. The van der Waals surface area contributed by atoms with Gasteiger partial charge in [0.25, 0.3) is 0 Å². The van der Waals surface area contributed by atoms with Crippen LogP contribution >= 0.6 is 0 Å². The average molecular weight is 300 g/mol.